The lowest BCUT2D eigenvalue weighted by molar-refractivity contribution is -0.145. The van der Waals surface area contributed by atoms with Crippen molar-refractivity contribution in [3.8, 4) is 0 Å². The van der Waals surface area contributed by atoms with Crippen molar-refractivity contribution in [1.29, 1.82) is 0 Å². The fourth-order valence-corrected chi connectivity index (χ4v) is 3.74. The molecule has 0 saturated heterocycles. The van der Waals surface area contributed by atoms with E-state index in [4.69, 9.17) is 4.74 Å². The van der Waals surface area contributed by atoms with Crippen molar-refractivity contribution in [1.82, 2.24) is 20.6 Å². The second-order valence-electron chi connectivity index (χ2n) is 8.41. The molecule has 0 aliphatic rings. The van der Waals surface area contributed by atoms with Gasteiger partial charge in [-0.05, 0) is 56.0 Å². The molecule has 0 aliphatic heterocycles. The molecule has 0 bridgehead atoms. The lowest BCUT2D eigenvalue weighted by Gasteiger charge is -2.16. The molecule has 0 radical (unpaired) electrons. The van der Waals surface area contributed by atoms with Crippen molar-refractivity contribution < 1.29 is 23.5 Å². The highest BCUT2D eigenvalue weighted by Crippen LogP contribution is 2.10. The summed E-state index contributed by atoms with van der Waals surface area (Å²) in [5.74, 6) is -0.819. The van der Waals surface area contributed by atoms with Gasteiger partial charge in [-0.15, -0.1) is 0 Å². The van der Waals surface area contributed by atoms with Crippen molar-refractivity contribution in [2.45, 2.75) is 44.6 Å². The molecule has 196 valence electrons. The van der Waals surface area contributed by atoms with Gasteiger partial charge in [0.2, 0.25) is 5.91 Å². The molecule has 0 fully saturated rings. The maximum absolute atomic E-state index is 13.2. The van der Waals surface area contributed by atoms with E-state index < -0.39 is 23.9 Å². The van der Waals surface area contributed by atoms with Crippen molar-refractivity contribution >= 4 is 34.5 Å². The molecule has 1 atom stereocenters. The first-order chi connectivity index (χ1) is 17.9. The number of carbonyl (C=O) groups excluding carboxylic acids is 3. The zero-order valence-corrected chi connectivity index (χ0v) is 20.5. The van der Waals surface area contributed by atoms with Gasteiger partial charge >= 0.3 is 12.0 Å². The summed E-state index contributed by atoms with van der Waals surface area (Å²) in [5.41, 5.74) is 0.711. The number of hydrogen-bond acceptors (Lipinski definition) is 6. The van der Waals surface area contributed by atoms with Gasteiger partial charge in [-0.3, -0.25) is 9.59 Å². The summed E-state index contributed by atoms with van der Waals surface area (Å²) in [7, 11) is 1.25. The molecule has 10 nitrogen and oxygen atoms in total. The van der Waals surface area contributed by atoms with Crippen LogP contribution in [0.3, 0.4) is 0 Å². The number of methoxy groups -OCH3 is 1. The van der Waals surface area contributed by atoms with Crippen LogP contribution >= 0.6 is 0 Å². The quantitative estimate of drug-likeness (QED) is 0.218. The van der Waals surface area contributed by atoms with E-state index in [2.05, 4.69) is 25.9 Å². The minimum absolute atomic E-state index is 0.145. The van der Waals surface area contributed by atoms with Crippen LogP contribution in [0.2, 0.25) is 0 Å². The highest BCUT2D eigenvalue weighted by molar-refractivity contribution is 5.89. The molecule has 0 saturated carbocycles. The predicted octanol–water partition coefficient (Wildman–Crippen LogP) is 3.03. The molecule has 0 spiro atoms. The van der Waals surface area contributed by atoms with E-state index in [0.29, 0.717) is 61.1 Å². The molecule has 3 amide bonds. The average Bonchev–Trinajstić information content (AvgIpc) is 2.87. The van der Waals surface area contributed by atoms with Crippen molar-refractivity contribution in [2.75, 3.05) is 19.0 Å². The third-order valence-electron chi connectivity index (χ3n) is 5.59. The van der Waals surface area contributed by atoms with Crippen LogP contribution < -0.4 is 21.5 Å². The minimum Gasteiger partial charge on any atom is -0.467 e. The van der Waals surface area contributed by atoms with Gasteiger partial charge in [0, 0.05) is 25.1 Å². The summed E-state index contributed by atoms with van der Waals surface area (Å²) >= 11 is 0. The zero-order valence-electron chi connectivity index (χ0n) is 20.5. The molecule has 2 aromatic carbocycles. The van der Waals surface area contributed by atoms with Gasteiger partial charge in [0.25, 0.3) is 5.56 Å². The number of para-hydroxylation sites is 1. The first-order valence-corrected chi connectivity index (χ1v) is 12.0. The SMILES string of the molecule is COC(=O)[C@H](CCCCNC(=O)Nc1cccc(F)c1)NC(=O)CCCc1nc2ccccc2c(=O)[nH]1. The van der Waals surface area contributed by atoms with Crippen LogP contribution in [0.5, 0.6) is 0 Å². The second kappa shape index (κ2) is 13.7. The number of fused-ring (bicyclic) bond motifs is 1. The largest absolute Gasteiger partial charge is 0.467 e. The lowest BCUT2D eigenvalue weighted by Crippen LogP contribution is -2.41. The van der Waals surface area contributed by atoms with E-state index in [1.54, 1.807) is 30.3 Å². The van der Waals surface area contributed by atoms with Crippen LogP contribution in [-0.2, 0) is 20.7 Å². The van der Waals surface area contributed by atoms with E-state index in [0.717, 1.165) is 0 Å². The molecule has 37 heavy (non-hydrogen) atoms. The number of aromatic nitrogens is 2. The van der Waals surface area contributed by atoms with Gasteiger partial charge < -0.3 is 25.7 Å². The first kappa shape index (κ1) is 27.3. The normalized spacial score (nSPS) is 11.5. The van der Waals surface area contributed by atoms with Gasteiger partial charge in [0.15, 0.2) is 0 Å². The molecule has 3 aromatic rings. The lowest BCUT2D eigenvalue weighted by atomic mass is 10.1. The first-order valence-electron chi connectivity index (χ1n) is 12.0. The molecule has 11 heteroatoms. The Labute approximate surface area is 213 Å². The van der Waals surface area contributed by atoms with Crippen LogP contribution in [-0.4, -0.2) is 47.6 Å². The van der Waals surface area contributed by atoms with Crippen molar-refractivity contribution in [3.05, 3.63) is 70.5 Å². The summed E-state index contributed by atoms with van der Waals surface area (Å²) in [6, 6.07) is 11.3. The number of ether oxygens (including phenoxy) is 1. The molecule has 4 N–H and O–H groups in total. The monoisotopic (exact) mass is 511 g/mol. The third kappa shape index (κ3) is 8.71. The van der Waals surface area contributed by atoms with Gasteiger partial charge in [-0.25, -0.2) is 19.0 Å². The Morgan fingerprint density at radius 3 is 2.68 bits per heavy atom. The van der Waals surface area contributed by atoms with Crippen molar-refractivity contribution in [2.24, 2.45) is 0 Å². The van der Waals surface area contributed by atoms with Crippen LogP contribution in [0.25, 0.3) is 10.9 Å². The Hall–Kier alpha value is -4.28. The van der Waals surface area contributed by atoms with Crippen LogP contribution in [0, 0.1) is 5.82 Å². The fraction of sp³-hybridized carbons (Fsp3) is 0.346. The number of carbonyl (C=O) groups is 3. The smallest absolute Gasteiger partial charge is 0.328 e. The maximum atomic E-state index is 13.2. The summed E-state index contributed by atoms with van der Waals surface area (Å²) < 4.78 is 18.0. The summed E-state index contributed by atoms with van der Waals surface area (Å²) in [6.45, 7) is 0.333. The summed E-state index contributed by atoms with van der Waals surface area (Å²) in [5, 5.41) is 8.39. The summed E-state index contributed by atoms with van der Waals surface area (Å²) in [4.78, 5) is 55.7. The number of halogens is 1. The van der Waals surface area contributed by atoms with Gasteiger partial charge in [-0.2, -0.15) is 0 Å². The number of aromatic amines is 1. The van der Waals surface area contributed by atoms with E-state index in [1.165, 1.54) is 25.3 Å². The van der Waals surface area contributed by atoms with Crippen LogP contribution in [0.1, 0.15) is 37.9 Å². The predicted molar refractivity (Wildman–Crippen MR) is 137 cm³/mol. The van der Waals surface area contributed by atoms with Gasteiger partial charge in [-0.1, -0.05) is 18.2 Å². The number of esters is 1. The van der Waals surface area contributed by atoms with E-state index in [1.807, 2.05) is 0 Å². The molecule has 0 unspecified atom stereocenters. The number of amides is 3. The molecule has 1 aromatic heterocycles. The van der Waals surface area contributed by atoms with Gasteiger partial charge in [0.05, 0.1) is 18.0 Å². The number of aryl methyl sites for hydroxylation is 1. The van der Waals surface area contributed by atoms with Gasteiger partial charge in [0.1, 0.15) is 17.7 Å². The second-order valence-corrected chi connectivity index (χ2v) is 8.41. The molecular weight excluding hydrogens is 481 g/mol. The highest BCUT2D eigenvalue weighted by atomic mass is 19.1. The summed E-state index contributed by atoms with van der Waals surface area (Å²) in [6.07, 6.45) is 2.42. The zero-order chi connectivity index (χ0) is 26.6. The van der Waals surface area contributed by atoms with E-state index >= 15 is 0 Å². The fourth-order valence-electron chi connectivity index (χ4n) is 3.74. The third-order valence-corrected chi connectivity index (χ3v) is 5.59. The van der Waals surface area contributed by atoms with Crippen LogP contribution in [0.15, 0.2) is 53.3 Å². The Bertz CT molecular complexity index is 1300. The number of anilines is 1. The minimum atomic E-state index is -0.808. The Morgan fingerprint density at radius 2 is 1.89 bits per heavy atom. The molecule has 0 aliphatic carbocycles. The maximum Gasteiger partial charge on any atom is 0.328 e. The highest BCUT2D eigenvalue weighted by Gasteiger charge is 2.21. The number of rotatable bonds is 12. The number of benzene rings is 2. The van der Waals surface area contributed by atoms with E-state index in [-0.39, 0.29) is 17.9 Å². The Morgan fingerprint density at radius 1 is 1.08 bits per heavy atom. The number of unbranched alkanes of at least 4 members (excludes halogenated alkanes) is 1. The number of H-pyrrole nitrogens is 1. The van der Waals surface area contributed by atoms with Crippen LogP contribution in [0.4, 0.5) is 14.9 Å². The Balaban J connectivity index is 1.38. The average molecular weight is 512 g/mol. The van der Waals surface area contributed by atoms with Crippen molar-refractivity contribution in [3.63, 3.8) is 0 Å². The topological polar surface area (TPSA) is 142 Å². The molecule has 3 rings (SSSR count). The number of nitrogens with one attached hydrogen (secondary N) is 4. The standard InChI is InChI=1S/C26H30FN5O5/c1-37-25(35)21(12-4-5-15-28-26(36)29-18-9-6-8-17(27)16-18)31-23(33)14-7-13-22-30-20-11-3-2-10-19(20)24(34)32-22/h2-3,6,8-11,16,21H,4-5,7,12-15H2,1H3,(H,31,33)(H2,28,29,36)(H,30,32,34)/t21-/m0/s1. The Kier molecular flexibility index (Phi) is 10.1. The molecule has 1 heterocycles. The molecular formula is C26H30FN5O5. The number of hydrogen-bond donors (Lipinski definition) is 4. The number of nitrogens with zero attached hydrogens (tertiary/aromatic N) is 1. The van der Waals surface area contributed by atoms with E-state index in [9.17, 15) is 23.6 Å². The number of urea groups is 1.